The number of nitrogens with zero attached hydrogens (tertiary/aromatic N) is 1. The van der Waals surface area contributed by atoms with E-state index in [2.05, 4.69) is 42.6 Å². The van der Waals surface area contributed by atoms with Gasteiger partial charge >= 0.3 is 0 Å². The van der Waals surface area contributed by atoms with E-state index in [1.54, 1.807) is 0 Å². The van der Waals surface area contributed by atoms with Crippen molar-refractivity contribution in [3.63, 3.8) is 0 Å². The Balaban J connectivity index is 2.06. The Bertz CT molecular complexity index is 516. The van der Waals surface area contributed by atoms with E-state index in [0.29, 0.717) is 0 Å². The van der Waals surface area contributed by atoms with Crippen LogP contribution in [0.1, 0.15) is 16.7 Å². The maximum Gasteiger partial charge on any atom is 0.0561 e. The summed E-state index contributed by atoms with van der Waals surface area (Å²) in [7, 11) is 0. The average molecular weight is 224 g/mol. The molecule has 0 unspecified atom stereocenters. The number of anilines is 1. The largest absolute Gasteiger partial charge is 0.279 e. The molecule has 0 aliphatic rings. The smallest absolute Gasteiger partial charge is 0.0561 e. The van der Waals surface area contributed by atoms with Crippen molar-refractivity contribution < 1.29 is 0 Å². The van der Waals surface area contributed by atoms with Gasteiger partial charge in [0.15, 0.2) is 0 Å². The lowest BCUT2D eigenvalue weighted by atomic mass is 10.1. The summed E-state index contributed by atoms with van der Waals surface area (Å²) in [5.41, 5.74) is 7.65. The Labute approximate surface area is 102 Å². The number of hydrogen-bond donors (Lipinski definition) is 1. The van der Waals surface area contributed by atoms with Gasteiger partial charge in [0.25, 0.3) is 0 Å². The molecule has 2 nitrogen and oxygen atoms in total. The van der Waals surface area contributed by atoms with Crippen LogP contribution >= 0.6 is 0 Å². The highest BCUT2D eigenvalue weighted by atomic mass is 15.3. The molecule has 2 aromatic carbocycles. The van der Waals surface area contributed by atoms with E-state index in [1.165, 1.54) is 11.1 Å². The van der Waals surface area contributed by atoms with E-state index in [-0.39, 0.29) is 0 Å². The van der Waals surface area contributed by atoms with Crippen LogP contribution in [0.5, 0.6) is 0 Å². The number of rotatable bonds is 3. The molecule has 0 aromatic heterocycles. The fraction of sp³-hybridized carbons (Fsp3) is 0.133. The van der Waals surface area contributed by atoms with E-state index in [9.17, 15) is 0 Å². The zero-order chi connectivity index (χ0) is 12.1. The Morgan fingerprint density at radius 2 is 1.76 bits per heavy atom. The SMILES string of the molecule is Cc1ccc(C=NNc2ccccc2)c(C)c1. The highest BCUT2D eigenvalue weighted by Crippen LogP contribution is 2.09. The van der Waals surface area contributed by atoms with Gasteiger partial charge in [-0.25, -0.2) is 0 Å². The van der Waals surface area contributed by atoms with Crippen LogP contribution in [0.2, 0.25) is 0 Å². The Kier molecular flexibility index (Phi) is 3.55. The van der Waals surface area contributed by atoms with Crippen LogP contribution in [0.4, 0.5) is 5.69 Å². The fourth-order valence-corrected chi connectivity index (χ4v) is 1.66. The average Bonchev–Trinajstić information content (AvgIpc) is 2.33. The van der Waals surface area contributed by atoms with Crippen molar-refractivity contribution in [1.29, 1.82) is 0 Å². The van der Waals surface area contributed by atoms with Crippen molar-refractivity contribution in [2.45, 2.75) is 13.8 Å². The topological polar surface area (TPSA) is 24.4 Å². The second-order valence-corrected chi connectivity index (χ2v) is 4.10. The number of para-hydroxylation sites is 1. The molecule has 0 radical (unpaired) electrons. The minimum Gasteiger partial charge on any atom is -0.279 e. The third kappa shape index (κ3) is 3.18. The molecule has 2 aromatic rings. The second kappa shape index (κ2) is 5.30. The van der Waals surface area contributed by atoms with Crippen molar-refractivity contribution >= 4 is 11.9 Å². The van der Waals surface area contributed by atoms with Gasteiger partial charge in [0.2, 0.25) is 0 Å². The maximum atomic E-state index is 4.23. The van der Waals surface area contributed by atoms with Crippen molar-refractivity contribution in [3.8, 4) is 0 Å². The molecular formula is C15H16N2. The van der Waals surface area contributed by atoms with E-state index < -0.39 is 0 Å². The first-order valence-corrected chi connectivity index (χ1v) is 5.67. The van der Waals surface area contributed by atoms with Crippen molar-refractivity contribution in [2.75, 3.05) is 5.43 Å². The zero-order valence-electron chi connectivity index (χ0n) is 10.1. The van der Waals surface area contributed by atoms with Gasteiger partial charge in [-0.2, -0.15) is 5.10 Å². The van der Waals surface area contributed by atoms with E-state index >= 15 is 0 Å². The predicted molar refractivity (Wildman–Crippen MR) is 73.6 cm³/mol. The van der Waals surface area contributed by atoms with Gasteiger partial charge in [0.05, 0.1) is 11.9 Å². The van der Waals surface area contributed by atoms with Gasteiger partial charge < -0.3 is 0 Å². The van der Waals surface area contributed by atoms with Gasteiger partial charge in [0.1, 0.15) is 0 Å². The minimum absolute atomic E-state index is 0.994. The first kappa shape index (κ1) is 11.4. The van der Waals surface area contributed by atoms with Gasteiger partial charge in [-0.3, -0.25) is 5.43 Å². The second-order valence-electron chi connectivity index (χ2n) is 4.10. The molecule has 2 rings (SSSR count). The lowest BCUT2D eigenvalue weighted by molar-refractivity contribution is 1.33. The summed E-state index contributed by atoms with van der Waals surface area (Å²) in [6.45, 7) is 4.19. The van der Waals surface area contributed by atoms with E-state index in [4.69, 9.17) is 0 Å². The zero-order valence-corrected chi connectivity index (χ0v) is 10.1. The number of hydrogen-bond acceptors (Lipinski definition) is 2. The molecule has 0 amide bonds. The molecular weight excluding hydrogens is 208 g/mol. The van der Waals surface area contributed by atoms with Crippen LogP contribution < -0.4 is 5.43 Å². The van der Waals surface area contributed by atoms with E-state index in [0.717, 1.165) is 11.3 Å². The van der Waals surface area contributed by atoms with E-state index in [1.807, 2.05) is 36.5 Å². The molecule has 1 N–H and O–H groups in total. The van der Waals surface area contributed by atoms with Gasteiger partial charge in [-0.15, -0.1) is 0 Å². The summed E-state index contributed by atoms with van der Waals surface area (Å²) in [4.78, 5) is 0. The predicted octanol–water partition coefficient (Wildman–Crippen LogP) is 3.75. The quantitative estimate of drug-likeness (QED) is 0.623. The van der Waals surface area contributed by atoms with Crippen LogP contribution in [-0.2, 0) is 0 Å². The van der Waals surface area contributed by atoms with Gasteiger partial charge in [-0.1, -0.05) is 42.0 Å². The first-order valence-electron chi connectivity index (χ1n) is 5.67. The highest BCUT2D eigenvalue weighted by molar-refractivity contribution is 5.82. The number of hydrazone groups is 1. The Hall–Kier alpha value is -2.09. The van der Waals surface area contributed by atoms with Crippen LogP contribution in [0, 0.1) is 13.8 Å². The lowest BCUT2D eigenvalue weighted by Gasteiger charge is -2.02. The summed E-state index contributed by atoms with van der Waals surface area (Å²) in [6, 6.07) is 16.3. The summed E-state index contributed by atoms with van der Waals surface area (Å²) in [5, 5.41) is 4.23. The number of benzene rings is 2. The van der Waals surface area contributed by atoms with Gasteiger partial charge in [-0.05, 0) is 37.1 Å². The monoisotopic (exact) mass is 224 g/mol. The summed E-state index contributed by atoms with van der Waals surface area (Å²) >= 11 is 0. The molecule has 86 valence electrons. The normalized spacial score (nSPS) is 10.7. The van der Waals surface area contributed by atoms with Crippen molar-refractivity contribution in [2.24, 2.45) is 5.10 Å². The molecule has 0 spiro atoms. The standard InChI is InChI=1S/C15H16N2/c1-12-8-9-14(13(2)10-12)11-16-17-15-6-4-3-5-7-15/h3-11,17H,1-2H3. The lowest BCUT2D eigenvalue weighted by Crippen LogP contribution is -1.92. The first-order chi connectivity index (χ1) is 8.25. The molecule has 0 aliphatic carbocycles. The van der Waals surface area contributed by atoms with Crippen LogP contribution in [0.3, 0.4) is 0 Å². The van der Waals surface area contributed by atoms with Crippen LogP contribution in [0.15, 0.2) is 53.6 Å². The van der Waals surface area contributed by atoms with Gasteiger partial charge in [0, 0.05) is 0 Å². The summed E-state index contributed by atoms with van der Waals surface area (Å²) in [6.07, 6.45) is 1.85. The maximum absolute atomic E-state index is 4.23. The molecule has 0 bridgehead atoms. The van der Waals surface area contributed by atoms with Crippen LogP contribution in [-0.4, -0.2) is 6.21 Å². The molecule has 0 fully saturated rings. The number of aryl methyl sites for hydroxylation is 2. The Morgan fingerprint density at radius 1 is 1.00 bits per heavy atom. The molecule has 0 aliphatic heterocycles. The molecule has 0 heterocycles. The van der Waals surface area contributed by atoms with Crippen molar-refractivity contribution in [3.05, 3.63) is 65.2 Å². The third-order valence-electron chi connectivity index (χ3n) is 2.60. The molecule has 17 heavy (non-hydrogen) atoms. The van der Waals surface area contributed by atoms with Crippen molar-refractivity contribution in [1.82, 2.24) is 0 Å². The molecule has 0 saturated carbocycles. The molecule has 2 heteroatoms. The third-order valence-corrected chi connectivity index (χ3v) is 2.60. The Morgan fingerprint density at radius 3 is 2.47 bits per heavy atom. The fourth-order valence-electron chi connectivity index (χ4n) is 1.66. The molecule has 0 saturated heterocycles. The molecule has 0 atom stereocenters. The van der Waals surface area contributed by atoms with Crippen LogP contribution in [0.25, 0.3) is 0 Å². The number of nitrogens with one attached hydrogen (secondary N) is 1. The summed E-state index contributed by atoms with van der Waals surface area (Å²) < 4.78 is 0. The minimum atomic E-state index is 0.994. The highest BCUT2D eigenvalue weighted by Gasteiger charge is 1.94. The summed E-state index contributed by atoms with van der Waals surface area (Å²) in [5.74, 6) is 0.